The van der Waals surface area contributed by atoms with Gasteiger partial charge in [-0.25, -0.2) is 9.97 Å². The molecule has 0 saturated heterocycles. The van der Waals surface area contributed by atoms with Crippen molar-refractivity contribution in [2.45, 2.75) is 26.7 Å². The van der Waals surface area contributed by atoms with Crippen LogP contribution in [0.3, 0.4) is 0 Å². The minimum Gasteiger partial charge on any atom is -0.261 e. The van der Waals surface area contributed by atoms with Gasteiger partial charge in [-0.15, -0.1) is 0 Å². The van der Waals surface area contributed by atoms with Gasteiger partial charge in [0.05, 0.1) is 28.7 Å². The highest BCUT2D eigenvalue weighted by Gasteiger charge is 2.08. The van der Waals surface area contributed by atoms with Crippen LogP contribution in [0.4, 0.5) is 0 Å². The summed E-state index contributed by atoms with van der Waals surface area (Å²) >= 11 is 0. The van der Waals surface area contributed by atoms with E-state index in [1.165, 1.54) is 0 Å². The molecule has 19 heavy (non-hydrogen) atoms. The van der Waals surface area contributed by atoms with E-state index in [1.54, 1.807) is 12.4 Å². The molecule has 1 N–H and O–H groups in total. The Bertz CT molecular complexity index is 701. The van der Waals surface area contributed by atoms with Gasteiger partial charge in [0.1, 0.15) is 5.82 Å². The first-order valence-corrected chi connectivity index (χ1v) is 6.16. The van der Waals surface area contributed by atoms with Crippen LogP contribution in [0.25, 0.3) is 11.0 Å². The van der Waals surface area contributed by atoms with Gasteiger partial charge in [0, 0.05) is 12.4 Å². The minimum absolute atomic E-state index is 0.752. The summed E-state index contributed by atoms with van der Waals surface area (Å²) < 4.78 is 0. The molecule has 0 spiro atoms. The summed E-state index contributed by atoms with van der Waals surface area (Å²) in [7, 11) is 0. The second-order valence-electron chi connectivity index (χ2n) is 4.50. The Morgan fingerprint density at radius 1 is 1.00 bits per heavy atom. The Hall–Kier alpha value is -2.37. The molecule has 0 aromatic carbocycles. The zero-order valence-corrected chi connectivity index (χ0v) is 10.9. The summed E-state index contributed by atoms with van der Waals surface area (Å²) in [6.07, 6.45) is 6.98. The van der Waals surface area contributed by atoms with Crippen LogP contribution in [0.2, 0.25) is 0 Å². The fourth-order valence-corrected chi connectivity index (χ4v) is 2.00. The molecule has 0 fully saturated rings. The predicted octanol–water partition coefficient (Wildman–Crippen LogP) is 1.54. The topological polar surface area (TPSA) is 80.2 Å². The highest BCUT2D eigenvalue weighted by Crippen LogP contribution is 2.14. The molecule has 6 heteroatoms. The molecule has 0 atom stereocenters. The molecule has 3 aromatic rings. The highest BCUT2D eigenvalue weighted by atomic mass is 15.1. The summed E-state index contributed by atoms with van der Waals surface area (Å²) in [5, 5.41) is 7.87. The number of H-pyrrole nitrogens is 1. The lowest BCUT2D eigenvalue weighted by molar-refractivity contribution is 0.857. The average molecular weight is 254 g/mol. The van der Waals surface area contributed by atoms with Gasteiger partial charge in [-0.3, -0.25) is 15.1 Å². The molecule has 6 nitrogen and oxygen atoms in total. The van der Waals surface area contributed by atoms with Gasteiger partial charge in [0.15, 0.2) is 5.65 Å². The molecule has 0 radical (unpaired) electrons. The van der Waals surface area contributed by atoms with Crippen LogP contribution in [0, 0.1) is 13.8 Å². The number of nitrogens with one attached hydrogen (secondary N) is 1. The van der Waals surface area contributed by atoms with Crippen LogP contribution < -0.4 is 0 Å². The van der Waals surface area contributed by atoms with Gasteiger partial charge in [-0.2, -0.15) is 5.10 Å². The van der Waals surface area contributed by atoms with E-state index < -0.39 is 0 Å². The molecule has 3 aromatic heterocycles. The molecule has 0 saturated carbocycles. The first kappa shape index (κ1) is 11.7. The fraction of sp³-hybridized carbons (Fsp3) is 0.308. The molecule has 0 amide bonds. The summed E-state index contributed by atoms with van der Waals surface area (Å²) in [6, 6.07) is 0. The number of hydrogen-bond acceptors (Lipinski definition) is 5. The van der Waals surface area contributed by atoms with E-state index in [-0.39, 0.29) is 0 Å². The second-order valence-corrected chi connectivity index (χ2v) is 4.50. The lowest BCUT2D eigenvalue weighted by atomic mass is 10.1. The van der Waals surface area contributed by atoms with Crippen molar-refractivity contribution in [1.82, 2.24) is 30.1 Å². The quantitative estimate of drug-likeness (QED) is 0.767. The van der Waals surface area contributed by atoms with Gasteiger partial charge < -0.3 is 0 Å². The minimum atomic E-state index is 0.752. The number of rotatable bonds is 3. The van der Waals surface area contributed by atoms with Crippen LogP contribution in [-0.4, -0.2) is 30.1 Å². The third kappa shape index (κ3) is 2.42. The smallest absolute Gasteiger partial charge is 0.159 e. The largest absolute Gasteiger partial charge is 0.261 e. The third-order valence-corrected chi connectivity index (χ3v) is 2.95. The first-order valence-electron chi connectivity index (χ1n) is 6.16. The number of aryl methyl sites for hydroxylation is 4. The number of aromatic amines is 1. The molecule has 0 aliphatic carbocycles. The Morgan fingerprint density at radius 2 is 1.89 bits per heavy atom. The van der Waals surface area contributed by atoms with E-state index in [0.29, 0.717) is 0 Å². The number of aromatic nitrogens is 6. The van der Waals surface area contributed by atoms with Crippen LogP contribution >= 0.6 is 0 Å². The third-order valence-electron chi connectivity index (χ3n) is 2.95. The van der Waals surface area contributed by atoms with E-state index in [9.17, 15) is 0 Å². The van der Waals surface area contributed by atoms with Crippen molar-refractivity contribution in [2.24, 2.45) is 0 Å². The van der Waals surface area contributed by atoms with Crippen molar-refractivity contribution in [1.29, 1.82) is 0 Å². The number of hydrogen-bond donors (Lipinski definition) is 1. The predicted molar refractivity (Wildman–Crippen MR) is 70.6 cm³/mol. The maximum Gasteiger partial charge on any atom is 0.159 e. The highest BCUT2D eigenvalue weighted by molar-refractivity contribution is 5.76. The van der Waals surface area contributed by atoms with Crippen molar-refractivity contribution in [3.63, 3.8) is 0 Å². The Morgan fingerprint density at radius 3 is 2.68 bits per heavy atom. The normalized spacial score (nSPS) is 11.1. The molecule has 0 unspecified atom stereocenters. The van der Waals surface area contributed by atoms with Gasteiger partial charge in [0.2, 0.25) is 0 Å². The Balaban J connectivity index is 1.85. The maximum atomic E-state index is 4.49. The molecule has 96 valence electrons. The fourth-order valence-electron chi connectivity index (χ4n) is 2.00. The van der Waals surface area contributed by atoms with E-state index in [2.05, 4.69) is 30.1 Å². The van der Waals surface area contributed by atoms with E-state index in [0.717, 1.165) is 46.8 Å². The summed E-state index contributed by atoms with van der Waals surface area (Å²) in [6.45, 7) is 3.81. The molecular weight excluding hydrogens is 240 g/mol. The molecule has 0 aliphatic heterocycles. The van der Waals surface area contributed by atoms with Crippen molar-refractivity contribution >= 4 is 11.0 Å². The second kappa shape index (κ2) is 4.72. The van der Waals surface area contributed by atoms with Crippen LogP contribution in [0.15, 0.2) is 18.6 Å². The lowest BCUT2D eigenvalue weighted by Crippen LogP contribution is -2.01. The Kier molecular flexibility index (Phi) is 2.91. The van der Waals surface area contributed by atoms with Gasteiger partial charge in [0.25, 0.3) is 0 Å². The average Bonchev–Trinajstić information content (AvgIpc) is 2.85. The zero-order valence-electron chi connectivity index (χ0n) is 10.9. The number of nitrogens with zero attached hydrogens (tertiary/aromatic N) is 5. The van der Waals surface area contributed by atoms with Crippen molar-refractivity contribution in [3.8, 4) is 0 Å². The van der Waals surface area contributed by atoms with Gasteiger partial charge >= 0.3 is 0 Å². The Labute approximate surface area is 110 Å². The monoisotopic (exact) mass is 254 g/mol. The lowest BCUT2D eigenvalue weighted by Gasteiger charge is -2.03. The standard InChI is InChI=1S/C13H14N6/c1-8-5-15-10(6-14-8)3-4-12-11-7-16-19-13(11)18-9(2)17-12/h5-7H,3-4H2,1-2H3,(H,16,17,18,19). The molecular formula is C13H14N6. The SMILES string of the molecule is Cc1cnc(CCc2nc(C)nc3[nH]ncc23)cn1. The van der Waals surface area contributed by atoms with Crippen molar-refractivity contribution in [3.05, 3.63) is 41.5 Å². The first-order chi connectivity index (χ1) is 9.22. The molecule has 3 heterocycles. The van der Waals surface area contributed by atoms with E-state index in [1.807, 2.05) is 20.0 Å². The van der Waals surface area contributed by atoms with Crippen LogP contribution in [0.1, 0.15) is 22.9 Å². The molecule has 0 aliphatic rings. The van der Waals surface area contributed by atoms with E-state index in [4.69, 9.17) is 0 Å². The zero-order chi connectivity index (χ0) is 13.2. The maximum absolute atomic E-state index is 4.49. The summed E-state index contributed by atoms with van der Waals surface area (Å²) in [5.41, 5.74) is 3.69. The van der Waals surface area contributed by atoms with Gasteiger partial charge in [-0.05, 0) is 26.7 Å². The van der Waals surface area contributed by atoms with Crippen LogP contribution in [0.5, 0.6) is 0 Å². The summed E-state index contributed by atoms with van der Waals surface area (Å²) in [5.74, 6) is 0.752. The van der Waals surface area contributed by atoms with Crippen molar-refractivity contribution in [2.75, 3.05) is 0 Å². The molecule has 0 bridgehead atoms. The summed E-state index contributed by atoms with van der Waals surface area (Å²) in [4.78, 5) is 17.4. The molecule has 3 rings (SSSR count). The van der Waals surface area contributed by atoms with Crippen LogP contribution in [-0.2, 0) is 12.8 Å². The number of fused-ring (bicyclic) bond motifs is 1. The van der Waals surface area contributed by atoms with E-state index >= 15 is 0 Å². The van der Waals surface area contributed by atoms with Gasteiger partial charge in [-0.1, -0.05) is 0 Å². The van der Waals surface area contributed by atoms with Crippen molar-refractivity contribution < 1.29 is 0 Å².